The second-order valence-electron chi connectivity index (χ2n) is 6.89. The monoisotopic (exact) mass is 465 g/mol. The third-order valence-corrected chi connectivity index (χ3v) is 6.51. The maximum atomic E-state index is 13.4. The number of para-hydroxylation sites is 2. The molecule has 0 aromatic heterocycles. The molecule has 0 N–H and O–H groups in total. The Bertz CT molecular complexity index is 1250. The minimum Gasteiger partial charge on any atom is -0.495 e. The molecule has 3 rings (SSSR count). The van der Waals surface area contributed by atoms with Gasteiger partial charge >= 0.3 is 5.97 Å². The van der Waals surface area contributed by atoms with Crippen LogP contribution in [0.5, 0.6) is 5.75 Å². The van der Waals surface area contributed by atoms with Gasteiger partial charge in [0.1, 0.15) is 5.75 Å². The first-order chi connectivity index (χ1) is 15.9. The van der Waals surface area contributed by atoms with Crippen molar-refractivity contribution in [2.24, 2.45) is 0 Å². The molecule has 170 valence electrons. The number of ketones is 1. The van der Waals surface area contributed by atoms with Crippen molar-refractivity contribution >= 4 is 27.5 Å². The molecule has 0 saturated carbocycles. The van der Waals surface area contributed by atoms with Crippen LogP contribution in [0.3, 0.4) is 0 Å². The van der Waals surface area contributed by atoms with Crippen LogP contribution in [0.4, 0.5) is 5.69 Å². The topological polar surface area (TPSA) is 90.0 Å². The van der Waals surface area contributed by atoms with Gasteiger partial charge in [-0.2, -0.15) is 0 Å². The molecule has 0 amide bonds. The van der Waals surface area contributed by atoms with E-state index in [1.165, 1.54) is 37.5 Å². The van der Waals surface area contributed by atoms with Crippen LogP contribution in [0.15, 0.2) is 96.4 Å². The van der Waals surface area contributed by atoms with E-state index >= 15 is 0 Å². The number of anilines is 1. The third kappa shape index (κ3) is 5.48. The molecule has 0 radical (unpaired) electrons. The van der Waals surface area contributed by atoms with Crippen molar-refractivity contribution in [3.8, 4) is 5.75 Å². The van der Waals surface area contributed by atoms with Gasteiger partial charge in [0.05, 0.1) is 29.8 Å². The molecule has 3 aromatic carbocycles. The van der Waals surface area contributed by atoms with E-state index in [9.17, 15) is 18.0 Å². The Kier molecular flexibility index (Phi) is 7.63. The summed E-state index contributed by atoms with van der Waals surface area (Å²) in [5, 5.41) is 0. The summed E-state index contributed by atoms with van der Waals surface area (Å²) in [5.41, 5.74) is 0.760. The Balaban J connectivity index is 1.85. The highest BCUT2D eigenvalue weighted by Crippen LogP contribution is 2.32. The van der Waals surface area contributed by atoms with Gasteiger partial charge in [-0.15, -0.1) is 6.58 Å². The normalized spacial score (nSPS) is 10.8. The molecule has 0 aliphatic carbocycles. The van der Waals surface area contributed by atoms with Crippen LogP contribution in [0.2, 0.25) is 0 Å². The first-order valence-electron chi connectivity index (χ1n) is 10.0. The number of carbonyl (C=O) groups is 2. The minimum absolute atomic E-state index is 0.00974. The molecule has 0 heterocycles. The van der Waals surface area contributed by atoms with Crippen molar-refractivity contribution in [1.82, 2.24) is 0 Å². The first kappa shape index (κ1) is 23.7. The molecule has 3 aromatic rings. The average molecular weight is 466 g/mol. The van der Waals surface area contributed by atoms with E-state index in [-0.39, 0.29) is 22.8 Å². The number of hydrogen-bond donors (Lipinski definition) is 0. The van der Waals surface area contributed by atoms with Gasteiger partial charge in [-0.3, -0.25) is 9.10 Å². The van der Waals surface area contributed by atoms with Gasteiger partial charge in [-0.25, -0.2) is 13.2 Å². The maximum Gasteiger partial charge on any atom is 0.338 e. The number of rotatable bonds is 10. The summed E-state index contributed by atoms with van der Waals surface area (Å²) in [6, 6.07) is 20.6. The fraction of sp³-hybridized carbons (Fsp3) is 0.120. The standard InChI is InChI=1S/C25H23NO6S/c1-3-16-26(22-14-7-8-15-24(22)31-2)33(29,30)21-13-9-12-20(17-21)25(28)32-18-23(27)19-10-5-4-6-11-19/h3-15,17H,1,16,18H2,2H3. The van der Waals surface area contributed by atoms with Gasteiger partial charge in [0.2, 0.25) is 0 Å². The molecular weight excluding hydrogens is 442 g/mol. The first-order valence-corrected chi connectivity index (χ1v) is 11.4. The molecule has 33 heavy (non-hydrogen) atoms. The number of Topliss-reactive ketones (excluding diaryl/α,β-unsaturated/α-hetero) is 1. The van der Waals surface area contributed by atoms with E-state index in [1.807, 2.05) is 0 Å². The quantitative estimate of drug-likeness (QED) is 0.254. The molecule has 8 heteroatoms. The summed E-state index contributed by atoms with van der Waals surface area (Å²) in [7, 11) is -2.62. The van der Waals surface area contributed by atoms with Gasteiger partial charge in [0.25, 0.3) is 10.0 Å². The zero-order valence-electron chi connectivity index (χ0n) is 18.0. The van der Waals surface area contributed by atoms with Crippen LogP contribution in [0.25, 0.3) is 0 Å². The van der Waals surface area contributed by atoms with Crippen molar-refractivity contribution in [1.29, 1.82) is 0 Å². The van der Waals surface area contributed by atoms with Crippen LogP contribution < -0.4 is 9.04 Å². The largest absolute Gasteiger partial charge is 0.495 e. The summed E-state index contributed by atoms with van der Waals surface area (Å²) in [6.45, 7) is 3.18. The number of nitrogens with zero attached hydrogens (tertiary/aromatic N) is 1. The predicted molar refractivity (Wildman–Crippen MR) is 125 cm³/mol. The zero-order chi connectivity index (χ0) is 23.8. The lowest BCUT2D eigenvalue weighted by Crippen LogP contribution is -2.31. The summed E-state index contributed by atoms with van der Waals surface area (Å²) < 4.78 is 38.4. The number of hydrogen-bond acceptors (Lipinski definition) is 6. The highest BCUT2D eigenvalue weighted by molar-refractivity contribution is 7.92. The molecular formula is C25H23NO6S. The lowest BCUT2D eigenvalue weighted by atomic mass is 10.1. The van der Waals surface area contributed by atoms with Gasteiger partial charge < -0.3 is 9.47 Å². The Labute approximate surface area is 192 Å². The number of benzene rings is 3. The lowest BCUT2D eigenvalue weighted by Gasteiger charge is -2.25. The van der Waals surface area contributed by atoms with Crippen LogP contribution in [-0.4, -0.2) is 40.4 Å². The summed E-state index contributed by atoms with van der Waals surface area (Å²) in [5.74, 6) is -0.789. The highest BCUT2D eigenvalue weighted by Gasteiger charge is 2.27. The zero-order valence-corrected chi connectivity index (χ0v) is 18.8. The van der Waals surface area contributed by atoms with E-state index in [4.69, 9.17) is 9.47 Å². The smallest absolute Gasteiger partial charge is 0.338 e. The maximum absolute atomic E-state index is 13.4. The summed E-state index contributed by atoms with van der Waals surface area (Å²) in [4.78, 5) is 24.6. The Morgan fingerprint density at radius 3 is 2.30 bits per heavy atom. The number of methoxy groups -OCH3 is 1. The van der Waals surface area contributed by atoms with Gasteiger partial charge in [-0.1, -0.05) is 54.6 Å². The second kappa shape index (κ2) is 10.6. The van der Waals surface area contributed by atoms with E-state index in [0.29, 0.717) is 17.0 Å². The van der Waals surface area contributed by atoms with Crippen LogP contribution >= 0.6 is 0 Å². The predicted octanol–water partition coefficient (Wildman–Crippen LogP) is 4.12. The van der Waals surface area contributed by atoms with Crippen molar-refractivity contribution in [3.05, 3.63) is 103 Å². The fourth-order valence-electron chi connectivity index (χ4n) is 3.11. The van der Waals surface area contributed by atoms with Crippen LogP contribution in [0, 0.1) is 0 Å². The molecule has 0 bridgehead atoms. The Morgan fingerprint density at radius 2 is 1.61 bits per heavy atom. The Morgan fingerprint density at radius 1 is 0.939 bits per heavy atom. The van der Waals surface area contributed by atoms with Gasteiger partial charge in [0, 0.05) is 5.56 Å². The Hall–Kier alpha value is -3.91. The summed E-state index contributed by atoms with van der Waals surface area (Å²) in [6.07, 6.45) is 1.46. The van der Waals surface area contributed by atoms with Gasteiger partial charge in [-0.05, 0) is 30.3 Å². The number of carbonyl (C=O) groups excluding carboxylic acids is 2. The highest BCUT2D eigenvalue weighted by atomic mass is 32.2. The molecule has 0 atom stereocenters. The molecule has 0 aliphatic rings. The van der Waals surface area contributed by atoms with Crippen LogP contribution in [0.1, 0.15) is 20.7 Å². The van der Waals surface area contributed by atoms with Crippen molar-refractivity contribution in [2.45, 2.75) is 4.90 Å². The number of sulfonamides is 1. The summed E-state index contributed by atoms with van der Waals surface area (Å²) >= 11 is 0. The third-order valence-electron chi connectivity index (χ3n) is 4.74. The van der Waals surface area contributed by atoms with Crippen LogP contribution in [-0.2, 0) is 14.8 Å². The molecule has 0 fully saturated rings. The second-order valence-corrected chi connectivity index (χ2v) is 8.75. The SMILES string of the molecule is C=CCN(c1ccccc1OC)S(=O)(=O)c1cccc(C(=O)OCC(=O)c2ccccc2)c1. The molecule has 0 unspecified atom stereocenters. The van der Waals surface area contributed by atoms with E-state index in [2.05, 4.69) is 6.58 Å². The van der Waals surface area contributed by atoms with E-state index < -0.39 is 22.6 Å². The number of esters is 1. The van der Waals surface area contributed by atoms with Crippen molar-refractivity contribution in [3.63, 3.8) is 0 Å². The van der Waals surface area contributed by atoms with Gasteiger partial charge in [0.15, 0.2) is 12.4 Å². The minimum atomic E-state index is -4.07. The lowest BCUT2D eigenvalue weighted by molar-refractivity contribution is 0.0474. The molecule has 0 saturated heterocycles. The molecule has 0 aliphatic heterocycles. The van der Waals surface area contributed by atoms with E-state index in [1.54, 1.807) is 54.6 Å². The van der Waals surface area contributed by atoms with E-state index in [0.717, 1.165) is 4.31 Å². The van der Waals surface area contributed by atoms with Crippen molar-refractivity contribution < 1.29 is 27.5 Å². The average Bonchev–Trinajstić information content (AvgIpc) is 2.86. The molecule has 7 nitrogen and oxygen atoms in total. The van der Waals surface area contributed by atoms with Crippen molar-refractivity contribution in [2.75, 3.05) is 24.6 Å². The number of ether oxygens (including phenoxy) is 2. The molecule has 0 spiro atoms. The fourth-order valence-corrected chi connectivity index (χ4v) is 4.60.